The van der Waals surface area contributed by atoms with Crippen molar-refractivity contribution < 1.29 is 22.7 Å². The van der Waals surface area contributed by atoms with Gasteiger partial charge in [0, 0.05) is 6.07 Å². The number of thiazole rings is 1. The van der Waals surface area contributed by atoms with Crippen molar-refractivity contribution >= 4 is 32.6 Å². The number of halogens is 3. The molecule has 5 nitrogen and oxygen atoms in total. The molecular formula is C12H12F3N3O2S. The third-order valence-corrected chi connectivity index (χ3v) is 3.31. The van der Waals surface area contributed by atoms with Crippen LogP contribution in [0.2, 0.25) is 0 Å². The average molecular weight is 319 g/mol. The molecule has 0 unspecified atom stereocenters. The Morgan fingerprint density at radius 2 is 2.19 bits per heavy atom. The van der Waals surface area contributed by atoms with Crippen LogP contribution in [0.15, 0.2) is 18.2 Å². The SMILES string of the molecule is CCNCC(=O)Nc1nc2ccc(OC(F)(F)F)cc2s1. The first kappa shape index (κ1) is 15.5. The summed E-state index contributed by atoms with van der Waals surface area (Å²) in [6, 6.07) is 3.83. The smallest absolute Gasteiger partial charge is 0.406 e. The zero-order valence-electron chi connectivity index (χ0n) is 11.0. The van der Waals surface area contributed by atoms with Crippen molar-refractivity contribution in [3.05, 3.63) is 18.2 Å². The molecule has 0 saturated heterocycles. The Morgan fingerprint density at radius 1 is 1.43 bits per heavy atom. The molecule has 0 bridgehead atoms. The number of ether oxygens (including phenoxy) is 1. The molecule has 21 heavy (non-hydrogen) atoms. The van der Waals surface area contributed by atoms with Gasteiger partial charge in [-0.2, -0.15) is 0 Å². The summed E-state index contributed by atoms with van der Waals surface area (Å²) in [5.74, 6) is -0.577. The molecule has 0 aliphatic carbocycles. The summed E-state index contributed by atoms with van der Waals surface area (Å²) in [5.41, 5.74) is 0.494. The molecule has 0 atom stereocenters. The standard InChI is InChI=1S/C12H12F3N3O2S/c1-2-16-6-10(19)18-11-17-8-4-3-7(5-9(8)21-11)20-12(13,14)15/h3-5,16H,2,6H2,1H3,(H,17,18,19). The summed E-state index contributed by atoms with van der Waals surface area (Å²) in [6.45, 7) is 2.67. The molecule has 2 aromatic rings. The summed E-state index contributed by atoms with van der Waals surface area (Å²) in [7, 11) is 0. The molecule has 1 aromatic carbocycles. The quantitative estimate of drug-likeness (QED) is 0.889. The number of likely N-dealkylation sites (N-methyl/N-ethyl adjacent to an activating group) is 1. The van der Waals surface area contributed by atoms with Gasteiger partial charge in [0.05, 0.1) is 16.8 Å². The van der Waals surface area contributed by atoms with Gasteiger partial charge in [-0.1, -0.05) is 18.3 Å². The second-order valence-corrected chi connectivity index (χ2v) is 5.06. The normalized spacial score (nSPS) is 11.6. The maximum atomic E-state index is 12.1. The zero-order chi connectivity index (χ0) is 15.5. The number of fused-ring (bicyclic) bond motifs is 1. The molecule has 1 amide bonds. The molecule has 0 aliphatic rings. The monoisotopic (exact) mass is 319 g/mol. The second kappa shape index (κ2) is 6.27. The Kier molecular flexibility index (Phi) is 4.63. The summed E-state index contributed by atoms with van der Waals surface area (Å²) in [6.07, 6.45) is -4.73. The molecule has 1 aromatic heterocycles. The fourth-order valence-electron chi connectivity index (χ4n) is 1.56. The summed E-state index contributed by atoms with van der Waals surface area (Å²) < 4.78 is 40.7. The number of nitrogens with zero attached hydrogens (tertiary/aromatic N) is 1. The number of aromatic nitrogens is 1. The average Bonchev–Trinajstić information content (AvgIpc) is 2.75. The highest BCUT2D eigenvalue weighted by Crippen LogP contribution is 2.31. The van der Waals surface area contributed by atoms with Crippen LogP contribution in [0.5, 0.6) is 5.75 Å². The first-order valence-corrected chi connectivity index (χ1v) is 6.86. The van der Waals surface area contributed by atoms with Gasteiger partial charge in [-0.25, -0.2) is 4.98 Å². The Morgan fingerprint density at radius 3 is 2.86 bits per heavy atom. The van der Waals surface area contributed by atoms with Crippen LogP contribution in [0.4, 0.5) is 18.3 Å². The van der Waals surface area contributed by atoms with Crippen molar-refractivity contribution in [2.24, 2.45) is 0 Å². The number of alkyl halides is 3. The van der Waals surface area contributed by atoms with Gasteiger partial charge in [0.2, 0.25) is 5.91 Å². The lowest BCUT2D eigenvalue weighted by Gasteiger charge is -2.07. The van der Waals surface area contributed by atoms with Crippen molar-refractivity contribution in [2.45, 2.75) is 13.3 Å². The van der Waals surface area contributed by atoms with Gasteiger partial charge in [-0.15, -0.1) is 13.2 Å². The molecule has 2 rings (SSSR count). The maximum absolute atomic E-state index is 12.1. The molecule has 1 heterocycles. The summed E-state index contributed by atoms with van der Waals surface area (Å²) >= 11 is 1.08. The van der Waals surface area contributed by atoms with Crippen LogP contribution in [0.3, 0.4) is 0 Å². The van der Waals surface area contributed by atoms with Gasteiger partial charge in [0.1, 0.15) is 5.75 Å². The van der Waals surface area contributed by atoms with Crippen molar-refractivity contribution in [2.75, 3.05) is 18.4 Å². The van der Waals surface area contributed by atoms with Gasteiger partial charge >= 0.3 is 6.36 Å². The van der Waals surface area contributed by atoms with Crippen LogP contribution >= 0.6 is 11.3 Å². The summed E-state index contributed by atoms with van der Waals surface area (Å²) in [5, 5.41) is 5.76. The number of hydrogen-bond donors (Lipinski definition) is 2. The number of hydrogen-bond acceptors (Lipinski definition) is 5. The third-order valence-electron chi connectivity index (χ3n) is 2.38. The number of carbonyl (C=O) groups excluding carboxylic acids is 1. The Labute approximate surface area is 122 Å². The minimum Gasteiger partial charge on any atom is -0.406 e. The van der Waals surface area contributed by atoms with E-state index in [9.17, 15) is 18.0 Å². The molecular weight excluding hydrogens is 307 g/mol. The highest BCUT2D eigenvalue weighted by molar-refractivity contribution is 7.22. The van der Waals surface area contributed by atoms with E-state index in [1.807, 2.05) is 6.92 Å². The molecule has 0 spiro atoms. The second-order valence-electron chi connectivity index (χ2n) is 4.02. The topological polar surface area (TPSA) is 63.2 Å². The Bertz CT molecular complexity index is 642. The fourth-order valence-corrected chi connectivity index (χ4v) is 2.47. The number of benzene rings is 1. The van der Waals surface area contributed by atoms with Crippen LogP contribution in [0, 0.1) is 0 Å². The molecule has 9 heteroatoms. The van der Waals surface area contributed by atoms with Crippen molar-refractivity contribution in [3.63, 3.8) is 0 Å². The number of nitrogens with one attached hydrogen (secondary N) is 2. The van der Waals surface area contributed by atoms with Crippen LogP contribution in [0.1, 0.15) is 6.92 Å². The van der Waals surface area contributed by atoms with E-state index in [-0.39, 0.29) is 18.2 Å². The minimum atomic E-state index is -4.73. The third kappa shape index (κ3) is 4.57. The molecule has 0 aliphatic heterocycles. The largest absolute Gasteiger partial charge is 0.573 e. The van der Waals surface area contributed by atoms with E-state index in [0.717, 1.165) is 11.3 Å². The van der Waals surface area contributed by atoms with Crippen LogP contribution in [-0.4, -0.2) is 30.3 Å². The van der Waals surface area contributed by atoms with Crippen molar-refractivity contribution in [1.29, 1.82) is 0 Å². The Hall–Kier alpha value is -1.87. The minimum absolute atomic E-state index is 0.148. The molecule has 0 radical (unpaired) electrons. The van der Waals surface area contributed by atoms with E-state index in [0.29, 0.717) is 21.9 Å². The number of amides is 1. The van der Waals surface area contributed by atoms with E-state index >= 15 is 0 Å². The van der Waals surface area contributed by atoms with Gasteiger partial charge in [-0.05, 0) is 18.7 Å². The maximum Gasteiger partial charge on any atom is 0.573 e. The first-order chi connectivity index (χ1) is 9.87. The number of carbonyl (C=O) groups is 1. The summed E-state index contributed by atoms with van der Waals surface area (Å²) in [4.78, 5) is 15.6. The van der Waals surface area contributed by atoms with Crippen molar-refractivity contribution in [3.8, 4) is 5.75 Å². The Balaban J connectivity index is 2.12. The number of rotatable bonds is 5. The van der Waals surface area contributed by atoms with Gasteiger partial charge in [0.25, 0.3) is 0 Å². The fraction of sp³-hybridized carbons (Fsp3) is 0.333. The van der Waals surface area contributed by atoms with E-state index in [1.54, 1.807) is 0 Å². The lowest BCUT2D eigenvalue weighted by Crippen LogP contribution is -2.27. The zero-order valence-corrected chi connectivity index (χ0v) is 11.8. The van der Waals surface area contributed by atoms with Crippen LogP contribution in [-0.2, 0) is 4.79 Å². The molecule has 0 fully saturated rings. The lowest BCUT2D eigenvalue weighted by molar-refractivity contribution is -0.274. The number of anilines is 1. The van der Waals surface area contributed by atoms with Gasteiger partial charge in [-0.3, -0.25) is 4.79 Å². The van der Waals surface area contributed by atoms with E-state index < -0.39 is 6.36 Å². The van der Waals surface area contributed by atoms with Gasteiger partial charge < -0.3 is 15.4 Å². The highest BCUT2D eigenvalue weighted by Gasteiger charge is 2.31. The van der Waals surface area contributed by atoms with E-state index in [2.05, 4.69) is 20.4 Å². The van der Waals surface area contributed by atoms with Crippen LogP contribution in [0.25, 0.3) is 10.2 Å². The van der Waals surface area contributed by atoms with E-state index in [4.69, 9.17) is 0 Å². The predicted octanol–water partition coefficient (Wildman–Crippen LogP) is 2.74. The highest BCUT2D eigenvalue weighted by atomic mass is 32.1. The first-order valence-electron chi connectivity index (χ1n) is 6.04. The van der Waals surface area contributed by atoms with Crippen molar-refractivity contribution in [1.82, 2.24) is 10.3 Å². The van der Waals surface area contributed by atoms with Crippen LogP contribution < -0.4 is 15.4 Å². The van der Waals surface area contributed by atoms with Gasteiger partial charge in [0.15, 0.2) is 5.13 Å². The molecule has 0 saturated carbocycles. The molecule has 114 valence electrons. The predicted molar refractivity (Wildman–Crippen MR) is 73.5 cm³/mol. The van der Waals surface area contributed by atoms with E-state index in [1.165, 1.54) is 18.2 Å². The molecule has 2 N–H and O–H groups in total. The lowest BCUT2D eigenvalue weighted by atomic mass is 10.3.